The lowest BCUT2D eigenvalue weighted by molar-refractivity contribution is -0.116. The number of anilines is 2. The van der Waals surface area contributed by atoms with Crippen LogP contribution in [-0.2, 0) is 21.2 Å². The molecule has 26 heavy (non-hydrogen) atoms. The molecule has 0 aliphatic carbocycles. The van der Waals surface area contributed by atoms with Crippen LogP contribution in [0, 0.1) is 13.8 Å². The molecule has 1 amide bonds. The molecule has 2 rings (SSSR count). The van der Waals surface area contributed by atoms with Gasteiger partial charge in [0.2, 0.25) is 15.9 Å². The maximum Gasteiger partial charge on any atom is 0.248 e. The second kappa shape index (κ2) is 7.91. The van der Waals surface area contributed by atoms with Crippen LogP contribution < -0.4 is 9.62 Å². The van der Waals surface area contributed by atoms with Crippen molar-refractivity contribution < 1.29 is 13.2 Å². The molecule has 0 aliphatic rings. The number of nitrogens with zero attached hydrogens (tertiary/aromatic N) is 1. The smallest absolute Gasteiger partial charge is 0.248 e. The molecular formula is C20H26N2O3S. The van der Waals surface area contributed by atoms with Gasteiger partial charge in [0.15, 0.2) is 0 Å². The molecule has 140 valence electrons. The largest absolute Gasteiger partial charge is 0.324 e. The van der Waals surface area contributed by atoms with Crippen molar-refractivity contribution in [2.75, 3.05) is 15.9 Å². The molecule has 0 aromatic heterocycles. The first-order valence-electron chi connectivity index (χ1n) is 8.60. The zero-order chi connectivity index (χ0) is 19.5. The number of sulfonamides is 1. The van der Waals surface area contributed by atoms with Crippen molar-refractivity contribution >= 4 is 27.3 Å². The summed E-state index contributed by atoms with van der Waals surface area (Å²) in [5.41, 5.74) is 4.10. The first-order valence-corrected chi connectivity index (χ1v) is 10.4. The summed E-state index contributed by atoms with van der Waals surface area (Å²) in [6, 6.07) is 12.2. The molecule has 0 saturated carbocycles. The number of hydrogen-bond acceptors (Lipinski definition) is 3. The summed E-state index contributed by atoms with van der Waals surface area (Å²) in [5.74, 6) is -0.365. The second-order valence-electron chi connectivity index (χ2n) is 6.58. The van der Waals surface area contributed by atoms with Gasteiger partial charge in [-0.3, -0.25) is 9.10 Å². The molecule has 0 unspecified atom stereocenters. The topological polar surface area (TPSA) is 66.5 Å². The lowest BCUT2D eigenvalue weighted by atomic mass is 10.1. The van der Waals surface area contributed by atoms with Crippen molar-refractivity contribution in [3.05, 3.63) is 59.2 Å². The number of hydrogen-bond donors (Lipinski definition) is 1. The van der Waals surface area contributed by atoms with Crippen molar-refractivity contribution in [2.45, 2.75) is 40.2 Å². The fourth-order valence-electron chi connectivity index (χ4n) is 3.07. The van der Waals surface area contributed by atoms with Gasteiger partial charge in [-0.25, -0.2) is 8.42 Å². The number of aryl methyl sites for hydroxylation is 3. The monoisotopic (exact) mass is 374 g/mol. The van der Waals surface area contributed by atoms with Crippen LogP contribution in [0.4, 0.5) is 11.4 Å². The van der Waals surface area contributed by atoms with E-state index in [0.717, 1.165) is 29.4 Å². The minimum atomic E-state index is -3.63. The van der Waals surface area contributed by atoms with Gasteiger partial charge in [0.1, 0.15) is 6.04 Å². The van der Waals surface area contributed by atoms with Crippen molar-refractivity contribution in [3.63, 3.8) is 0 Å². The van der Waals surface area contributed by atoms with Gasteiger partial charge >= 0.3 is 0 Å². The number of para-hydroxylation sites is 1. The van der Waals surface area contributed by atoms with Crippen LogP contribution >= 0.6 is 0 Å². The Morgan fingerprint density at radius 2 is 1.69 bits per heavy atom. The number of carbonyl (C=O) groups excluding carboxylic acids is 1. The van der Waals surface area contributed by atoms with Crippen LogP contribution in [0.2, 0.25) is 0 Å². The normalized spacial score (nSPS) is 12.5. The Bertz CT molecular complexity index is 887. The molecule has 0 bridgehead atoms. The summed E-state index contributed by atoms with van der Waals surface area (Å²) in [6.45, 7) is 7.41. The molecule has 0 spiro atoms. The van der Waals surface area contributed by atoms with E-state index in [4.69, 9.17) is 0 Å². The lowest BCUT2D eigenvalue weighted by Crippen LogP contribution is -2.45. The molecule has 6 heteroatoms. The van der Waals surface area contributed by atoms with E-state index in [1.807, 2.05) is 51.1 Å². The first-order chi connectivity index (χ1) is 12.1. The summed E-state index contributed by atoms with van der Waals surface area (Å²) in [6.07, 6.45) is 1.89. The molecule has 0 heterocycles. The quantitative estimate of drug-likeness (QED) is 0.839. The second-order valence-corrected chi connectivity index (χ2v) is 8.44. The van der Waals surface area contributed by atoms with Crippen LogP contribution in [0.15, 0.2) is 42.5 Å². The Hall–Kier alpha value is -2.34. The third-order valence-electron chi connectivity index (χ3n) is 4.21. The minimum Gasteiger partial charge on any atom is -0.324 e. The van der Waals surface area contributed by atoms with Gasteiger partial charge in [0.05, 0.1) is 11.9 Å². The lowest BCUT2D eigenvalue weighted by Gasteiger charge is -2.29. The number of benzene rings is 2. The predicted molar refractivity (Wildman–Crippen MR) is 107 cm³/mol. The minimum absolute atomic E-state index is 0.365. The van der Waals surface area contributed by atoms with Gasteiger partial charge < -0.3 is 5.32 Å². The van der Waals surface area contributed by atoms with Gasteiger partial charge in [-0.1, -0.05) is 31.2 Å². The maximum absolute atomic E-state index is 12.8. The summed E-state index contributed by atoms with van der Waals surface area (Å²) >= 11 is 0. The highest BCUT2D eigenvalue weighted by molar-refractivity contribution is 7.92. The van der Waals surface area contributed by atoms with Crippen molar-refractivity contribution in [3.8, 4) is 0 Å². The van der Waals surface area contributed by atoms with Crippen molar-refractivity contribution in [1.82, 2.24) is 0 Å². The van der Waals surface area contributed by atoms with Crippen LogP contribution in [0.25, 0.3) is 0 Å². The SMILES string of the molecule is CCc1ccccc1NC(=O)[C@@H](C)N(c1cc(C)cc(C)c1)S(C)(=O)=O. The van der Waals surface area contributed by atoms with Gasteiger partial charge in [0.25, 0.3) is 0 Å². The Morgan fingerprint density at radius 1 is 1.12 bits per heavy atom. The van der Waals surface area contributed by atoms with E-state index in [-0.39, 0.29) is 5.91 Å². The highest BCUT2D eigenvalue weighted by Crippen LogP contribution is 2.25. The standard InChI is InChI=1S/C20H26N2O3S/c1-6-17-9-7-8-10-19(17)21-20(23)16(4)22(26(5,24)25)18-12-14(2)11-15(3)13-18/h7-13,16H,6H2,1-5H3,(H,21,23)/t16-/m1/s1. The van der Waals surface area contributed by atoms with Gasteiger partial charge in [-0.2, -0.15) is 0 Å². The number of nitrogens with one attached hydrogen (secondary N) is 1. The predicted octanol–water partition coefficient (Wildman–Crippen LogP) is 3.66. The number of rotatable bonds is 6. The third kappa shape index (κ3) is 4.64. The van der Waals surface area contributed by atoms with Crippen molar-refractivity contribution in [1.29, 1.82) is 0 Å². The summed E-state index contributed by atoms with van der Waals surface area (Å²) in [7, 11) is -3.63. The van der Waals surface area contributed by atoms with E-state index in [9.17, 15) is 13.2 Å². The zero-order valence-corrected chi connectivity index (χ0v) is 16.7. The van der Waals surface area contributed by atoms with Crippen LogP contribution in [0.3, 0.4) is 0 Å². The van der Waals surface area contributed by atoms with E-state index in [1.54, 1.807) is 19.1 Å². The van der Waals surface area contributed by atoms with Gasteiger partial charge in [0, 0.05) is 5.69 Å². The summed E-state index contributed by atoms with van der Waals surface area (Å²) in [4.78, 5) is 12.8. The maximum atomic E-state index is 12.8. The molecule has 0 radical (unpaired) electrons. The molecule has 0 aliphatic heterocycles. The number of amides is 1. The molecule has 1 N–H and O–H groups in total. The average molecular weight is 375 g/mol. The van der Waals surface area contributed by atoms with Crippen molar-refractivity contribution in [2.24, 2.45) is 0 Å². The summed E-state index contributed by atoms with van der Waals surface area (Å²) in [5, 5.41) is 2.87. The van der Waals surface area contributed by atoms with E-state index in [1.165, 1.54) is 4.31 Å². The van der Waals surface area contributed by atoms with Crippen LogP contribution in [-0.4, -0.2) is 26.6 Å². The fraction of sp³-hybridized carbons (Fsp3) is 0.350. The molecule has 5 nitrogen and oxygen atoms in total. The van der Waals surface area contributed by atoms with E-state index in [0.29, 0.717) is 11.4 Å². The highest BCUT2D eigenvalue weighted by atomic mass is 32.2. The molecule has 2 aromatic carbocycles. The Balaban J connectivity index is 2.38. The van der Waals surface area contributed by atoms with Gasteiger partial charge in [-0.05, 0) is 62.1 Å². The summed E-state index contributed by atoms with van der Waals surface area (Å²) < 4.78 is 26.0. The Kier molecular flexibility index (Phi) is 6.08. The third-order valence-corrected chi connectivity index (χ3v) is 5.45. The van der Waals surface area contributed by atoms with Crippen LogP contribution in [0.5, 0.6) is 0 Å². The fourth-order valence-corrected chi connectivity index (χ4v) is 4.23. The van der Waals surface area contributed by atoms with Crippen LogP contribution in [0.1, 0.15) is 30.5 Å². The first kappa shape index (κ1) is 20.0. The molecule has 0 saturated heterocycles. The highest BCUT2D eigenvalue weighted by Gasteiger charge is 2.29. The van der Waals surface area contributed by atoms with E-state index in [2.05, 4.69) is 5.32 Å². The molecule has 2 aromatic rings. The van der Waals surface area contributed by atoms with Gasteiger partial charge in [-0.15, -0.1) is 0 Å². The molecular weight excluding hydrogens is 348 g/mol. The van der Waals surface area contributed by atoms with E-state index < -0.39 is 16.1 Å². The average Bonchev–Trinajstić information content (AvgIpc) is 2.53. The number of carbonyl (C=O) groups is 1. The Morgan fingerprint density at radius 3 is 2.23 bits per heavy atom. The zero-order valence-electron chi connectivity index (χ0n) is 15.9. The molecule has 1 atom stereocenters. The molecule has 0 fully saturated rings. The Labute approximate surface area is 156 Å². The van der Waals surface area contributed by atoms with E-state index >= 15 is 0 Å².